The Morgan fingerprint density at radius 3 is 2.48 bits per heavy atom. The Bertz CT molecular complexity index is 676. The molecular weight excluding hydrogens is 308 g/mol. The molecule has 1 aliphatic rings. The SMILES string of the molecule is Nc1cccc(CN2CCC(C(=O)c3ccc(Cl)cc3)CC2)c1. The standard InChI is InChI=1S/C19H21ClN2O/c20-17-6-4-15(5-7-17)19(23)16-8-10-22(11-9-16)13-14-2-1-3-18(21)12-14/h1-7,12,16H,8-11,13,21H2. The zero-order chi connectivity index (χ0) is 16.2. The number of hydrogen-bond donors (Lipinski definition) is 1. The van der Waals surface area contributed by atoms with E-state index in [0.717, 1.165) is 43.7 Å². The molecule has 0 unspecified atom stereocenters. The van der Waals surface area contributed by atoms with Gasteiger partial charge >= 0.3 is 0 Å². The summed E-state index contributed by atoms with van der Waals surface area (Å²) in [5.41, 5.74) is 8.63. The highest BCUT2D eigenvalue weighted by atomic mass is 35.5. The molecule has 1 heterocycles. The maximum absolute atomic E-state index is 12.5. The van der Waals surface area contributed by atoms with Gasteiger partial charge in [-0.1, -0.05) is 23.7 Å². The number of rotatable bonds is 4. The van der Waals surface area contributed by atoms with Gasteiger partial charge < -0.3 is 5.73 Å². The molecule has 0 amide bonds. The van der Waals surface area contributed by atoms with E-state index in [1.165, 1.54) is 5.56 Å². The molecule has 1 saturated heterocycles. The first-order valence-electron chi connectivity index (χ1n) is 7.98. The zero-order valence-electron chi connectivity index (χ0n) is 13.0. The number of benzene rings is 2. The lowest BCUT2D eigenvalue weighted by atomic mass is 9.89. The number of carbonyl (C=O) groups excluding carboxylic acids is 1. The highest BCUT2D eigenvalue weighted by molar-refractivity contribution is 6.30. The molecule has 1 fully saturated rings. The summed E-state index contributed by atoms with van der Waals surface area (Å²) in [6, 6.07) is 15.2. The maximum Gasteiger partial charge on any atom is 0.166 e. The third-order valence-corrected chi connectivity index (χ3v) is 4.70. The number of nitrogens with two attached hydrogens (primary N) is 1. The topological polar surface area (TPSA) is 46.3 Å². The largest absolute Gasteiger partial charge is 0.399 e. The van der Waals surface area contributed by atoms with Crippen LogP contribution in [-0.2, 0) is 6.54 Å². The molecule has 2 aromatic carbocycles. The van der Waals surface area contributed by atoms with Gasteiger partial charge in [-0.3, -0.25) is 9.69 Å². The monoisotopic (exact) mass is 328 g/mol. The summed E-state index contributed by atoms with van der Waals surface area (Å²) < 4.78 is 0. The van der Waals surface area contributed by atoms with E-state index in [1.807, 2.05) is 30.3 Å². The van der Waals surface area contributed by atoms with Crippen molar-refractivity contribution in [1.29, 1.82) is 0 Å². The van der Waals surface area contributed by atoms with Crippen molar-refractivity contribution < 1.29 is 4.79 Å². The Morgan fingerprint density at radius 1 is 1.13 bits per heavy atom. The van der Waals surface area contributed by atoms with Gasteiger partial charge in [0.1, 0.15) is 0 Å². The molecule has 23 heavy (non-hydrogen) atoms. The van der Waals surface area contributed by atoms with Gasteiger partial charge in [-0.15, -0.1) is 0 Å². The molecule has 120 valence electrons. The van der Waals surface area contributed by atoms with Crippen LogP contribution in [0.15, 0.2) is 48.5 Å². The Hall–Kier alpha value is -1.84. The van der Waals surface area contributed by atoms with Gasteiger partial charge in [0.15, 0.2) is 5.78 Å². The van der Waals surface area contributed by atoms with Crippen LogP contribution in [-0.4, -0.2) is 23.8 Å². The lowest BCUT2D eigenvalue weighted by molar-refractivity contribution is 0.0835. The minimum atomic E-state index is 0.119. The number of hydrogen-bond acceptors (Lipinski definition) is 3. The summed E-state index contributed by atoms with van der Waals surface area (Å²) in [5, 5.41) is 0.665. The van der Waals surface area contributed by atoms with Gasteiger partial charge in [0.05, 0.1) is 0 Å². The number of carbonyl (C=O) groups is 1. The first-order valence-corrected chi connectivity index (χ1v) is 8.36. The minimum absolute atomic E-state index is 0.119. The van der Waals surface area contributed by atoms with Gasteiger partial charge in [0.25, 0.3) is 0 Å². The van der Waals surface area contributed by atoms with E-state index < -0.39 is 0 Å². The smallest absolute Gasteiger partial charge is 0.166 e. The van der Waals surface area contributed by atoms with Crippen molar-refractivity contribution in [2.75, 3.05) is 18.8 Å². The van der Waals surface area contributed by atoms with Gasteiger partial charge in [-0.2, -0.15) is 0 Å². The van der Waals surface area contributed by atoms with Crippen molar-refractivity contribution in [2.45, 2.75) is 19.4 Å². The molecule has 4 heteroatoms. The van der Waals surface area contributed by atoms with Crippen LogP contribution in [0.3, 0.4) is 0 Å². The second-order valence-corrected chi connectivity index (χ2v) is 6.60. The lowest BCUT2D eigenvalue weighted by Gasteiger charge is -2.31. The molecular formula is C19H21ClN2O. The van der Waals surface area contributed by atoms with Crippen molar-refractivity contribution in [1.82, 2.24) is 4.90 Å². The van der Waals surface area contributed by atoms with Gasteiger partial charge in [-0.25, -0.2) is 0 Å². The molecule has 0 atom stereocenters. The van der Waals surface area contributed by atoms with Gasteiger partial charge in [-0.05, 0) is 67.9 Å². The predicted molar refractivity (Wildman–Crippen MR) is 94.6 cm³/mol. The predicted octanol–water partition coefficient (Wildman–Crippen LogP) is 4.02. The number of nitrogens with zero attached hydrogens (tertiary/aromatic N) is 1. The van der Waals surface area contributed by atoms with E-state index >= 15 is 0 Å². The van der Waals surface area contributed by atoms with Crippen LogP contribution in [0.5, 0.6) is 0 Å². The number of Topliss-reactive ketones (excluding diaryl/α,β-unsaturated/α-hetero) is 1. The molecule has 0 saturated carbocycles. The fourth-order valence-corrected chi connectivity index (χ4v) is 3.28. The number of piperidine rings is 1. The van der Waals surface area contributed by atoms with Gasteiger partial charge in [0.2, 0.25) is 0 Å². The van der Waals surface area contributed by atoms with E-state index in [-0.39, 0.29) is 11.7 Å². The molecule has 2 aromatic rings. The average molecular weight is 329 g/mol. The van der Waals surface area contributed by atoms with Crippen molar-refractivity contribution >= 4 is 23.1 Å². The molecule has 0 aliphatic carbocycles. The Labute approximate surface area is 142 Å². The molecule has 3 rings (SSSR count). The fraction of sp³-hybridized carbons (Fsp3) is 0.316. The molecule has 1 aliphatic heterocycles. The van der Waals surface area contributed by atoms with Crippen molar-refractivity contribution in [3.63, 3.8) is 0 Å². The molecule has 0 aromatic heterocycles. The fourth-order valence-electron chi connectivity index (χ4n) is 3.15. The van der Waals surface area contributed by atoms with E-state index in [1.54, 1.807) is 12.1 Å². The third kappa shape index (κ3) is 4.12. The second kappa shape index (κ2) is 7.16. The maximum atomic E-state index is 12.5. The van der Waals surface area contributed by atoms with E-state index in [9.17, 15) is 4.79 Å². The van der Waals surface area contributed by atoms with E-state index in [4.69, 9.17) is 17.3 Å². The average Bonchev–Trinajstić information content (AvgIpc) is 2.56. The Morgan fingerprint density at radius 2 is 1.83 bits per heavy atom. The Balaban J connectivity index is 1.55. The highest BCUT2D eigenvalue weighted by Crippen LogP contribution is 2.24. The molecule has 2 N–H and O–H groups in total. The molecule has 0 bridgehead atoms. The third-order valence-electron chi connectivity index (χ3n) is 4.44. The van der Waals surface area contributed by atoms with Crippen LogP contribution in [0, 0.1) is 5.92 Å². The van der Waals surface area contributed by atoms with Crippen LogP contribution < -0.4 is 5.73 Å². The van der Waals surface area contributed by atoms with Crippen molar-refractivity contribution in [2.24, 2.45) is 5.92 Å². The van der Waals surface area contributed by atoms with Crippen LogP contribution in [0.25, 0.3) is 0 Å². The second-order valence-electron chi connectivity index (χ2n) is 6.17. The van der Waals surface area contributed by atoms with Crippen LogP contribution >= 0.6 is 11.6 Å². The van der Waals surface area contributed by atoms with Crippen LogP contribution in [0.2, 0.25) is 5.02 Å². The van der Waals surface area contributed by atoms with E-state index in [2.05, 4.69) is 11.0 Å². The van der Waals surface area contributed by atoms with Gasteiger partial charge in [0, 0.05) is 28.7 Å². The van der Waals surface area contributed by atoms with Crippen LogP contribution in [0.1, 0.15) is 28.8 Å². The van der Waals surface area contributed by atoms with E-state index in [0.29, 0.717) is 5.02 Å². The summed E-state index contributed by atoms with van der Waals surface area (Å²) in [6.45, 7) is 2.78. The number of anilines is 1. The Kier molecular flexibility index (Phi) is 4.99. The number of ketones is 1. The first kappa shape index (κ1) is 16.0. The summed E-state index contributed by atoms with van der Waals surface area (Å²) >= 11 is 5.88. The van der Waals surface area contributed by atoms with Crippen molar-refractivity contribution in [3.05, 3.63) is 64.7 Å². The number of halogens is 1. The number of likely N-dealkylation sites (tertiary alicyclic amines) is 1. The first-order chi connectivity index (χ1) is 11.1. The molecule has 0 radical (unpaired) electrons. The normalized spacial score (nSPS) is 16.4. The number of nitrogen functional groups attached to an aromatic ring is 1. The molecule has 0 spiro atoms. The highest BCUT2D eigenvalue weighted by Gasteiger charge is 2.25. The van der Waals surface area contributed by atoms with Crippen LogP contribution in [0.4, 0.5) is 5.69 Å². The minimum Gasteiger partial charge on any atom is -0.399 e. The summed E-state index contributed by atoms with van der Waals surface area (Å²) in [7, 11) is 0. The lowest BCUT2D eigenvalue weighted by Crippen LogP contribution is -2.35. The summed E-state index contributed by atoms with van der Waals surface area (Å²) in [6.07, 6.45) is 1.81. The zero-order valence-corrected chi connectivity index (χ0v) is 13.8. The summed E-state index contributed by atoms with van der Waals surface area (Å²) in [4.78, 5) is 14.9. The molecule has 3 nitrogen and oxygen atoms in total. The van der Waals surface area contributed by atoms with Crippen molar-refractivity contribution in [3.8, 4) is 0 Å². The summed E-state index contributed by atoms with van der Waals surface area (Å²) in [5.74, 6) is 0.360. The quantitative estimate of drug-likeness (QED) is 0.681.